The predicted octanol–water partition coefficient (Wildman–Crippen LogP) is 1.90. The average molecular weight is 350 g/mol. The van der Waals surface area contributed by atoms with Crippen LogP contribution in [0.4, 0.5) is 4.79 Å². The van der Waals surface area contributed by atoms with Gasteiger partial charge in [0.15, 0.2) is 0 Å². The first-order valence-corrected chi connectivity index (χ1v) is 9.16. The number of rotatable bonds is 10. The maximum absolute atomic E-state index is 11.6. The highest BCUT2D eigenvalue weighted by Crippen LogP contribution is 2.18. The molecule has 6 heteroatoms. The zero-order chi connectivity index (χ0) is 17.9. The van der Waals surface area contributed by atoms with E-state index in [0.29, 0.717) is 26.1 Å². The van der Waals surface area contributed by atoms with Crippen molar-refractivity contribution in [3.8, 4) is 0 Å². The molecule has 1 aliphatic heterocycles. The molecule has 0 aromatic heterocycles. The van der Waals surface area contributed by atoms with E-state index in [2.05, 4.69) is 10.2 Å². The van der Waals surface area contributed by atoms with Gasteiger partial charge in [-0.05, 0) is 31.4 Å². The van der Waals surface area contributed by atoms with Gasteiger partial charge < -0.3 is 20.3 Å². The first kappa shape index (κ1) is 19.7. The van der Waals surface area contributed by atoms with Crippen LogP contribution >= 0.6 is 0 Å². The molecule has 1 fully saturated rings. The van der Waals surface area contributed by atoms with Crippen LogP contribution in [-0.2, 0) is 11.3 Å². The summed E-state index contributed by atoms with van der Waals surface area (Å²) in [6.45, 7) is 2.61. The molecule has 6 nitrogen and oxygen atoms in total. The lowest BCUT2D eigenvalue weighted by molar-refractivity contribution is 0.139. The molecule has 0 bridgehead atoms. The van der Waals surface area contributed by atoms with E-state index in [-0.39, 0.29) is 24.8 Å². The summed E-state index contributed by atoms with van der Waals surface area (Å²) in [7, 11) is 0. The van der Waals surface area contributed by atoms with Crippen molar-refractivity contribution in [3.63, 3.8) is 0 Å². The fraction of sp³-hybridized carbons (Fsp3) is 0.632. The van der Waals surface area contributed by atoms with E-state index in [1.165, 1.54) is 0 Å². The number of hydrogen-bond donors (Lipinski definition) is 3. The molecule has 0 saturated carbocycles. The Labute approximate surface area is 149 Å². The van der Waals surface area contributed by atoms with Crippen LogP contribution < -0.4 is 5.32 Å². The minimum atomic E-state index is -0.374. The third-order valence-electron chi connectivity index (χ3n) is 4.57. The molecule has 1 heterocycles. The van der Waals surface area contributed by atoms with Crippen LogP contribution in [0.3, 0.4) is 0 Å². The maximum atomic E-state index is 11.6. The number of ether oxygens (including phenoxy) is 1. The first-order chi connectivity index (χ1) is 12.2. The Balaban J connectivity index is 1.44. The summed E-state index contributed by atoms with van der Waals surface area (Å²) in [5.41, 5.74) is 0.978. The number of likely N-dealkylation sites (tertiary alicyclic amines) is 1. The molecule has 1 amide bonds. The van der Waals surface area contributed by atoms with Gasteiger partial charge in [0.2, 0.25) is 0 Å². The number of nitrogens with zero attached hydrogens (tertiary/aromatic N) is 1. The number of nitrogens with one attached hydrogen (secondary N) is 1. The number of hydrogen-bond acceptors (Lipinski definition) is 5. The van der Waals surface area contributed by atoms with Crippen molar-refractivity contribution in [2.24, 2.45) is 0 Å². The Hall–Kier alpha value is -1.63. The summed E-state index contributed by atoms with van der Waals surface area (Å²) >= 11 is 0. The van der Waals surface area contributed by atoms with Crippen LogP contribution in [0, 0.1) is 0 Å². The Morgan fingerprint density at radius 2 is 1.96 bits per heavy atom. The molecule has 25 heavy (non-hydrogen) atoms. The lowest BCUT2D eigenvalue weighted by Gasteiger charge is -2.21. The van der Waals surface area contributed by atoms with E-state index in [1.54, 1.807) is 0 Å². The van der Waals surface area contributed by atoms with Gasteiger partial charge in [0.25, 0.3) is 0 Å². The summed E-state index contributed by atoms with van der Waals surface area (Å²) in [5, 5.41) is 21.7. The molecule has 0 spiro atoms. The fourth-order valence-electron chi connectivity index (χ4n) is 3.18. The minimum Gasteiger partial charge on any atom is -0.445 e. The normalized spacial score (nSPS) is 20.6. The lowest BCUT2D eigenvalue weighted by atomic mass is 10.1. The summed E-state index contributed by atoms with van der Waals surface area (Å²) in [4.78, 5) is 13.8. The van der Waals surface area contributed by atoms with E-state index in [9.17, 15) is 15.0 Å². The second-order valence-electron chi connectivity index (χ2n) is 6.62. The SMILES string of the molecule is O=C(NCCCCCCN1C[C@H](O)C[C@H]1CO)OCc1ccccc1. The standard InChI is InChI=1S/C19H30N2O4/c22-14-17-12-18(23)13-21(17)11-7-2-1-6-10-20-19(24)25-15-16-8-4-3-5-9-16/h3-5,8-9,17-18,22-23H,1-2,6-7,10-15H2,(H,20,24)/t17-,18+/m0/s1. The highest BCUT2D eigenvalue weighted by molar-refractivity contribution is 5.67. The van der Waals surface area contributed by atoms with Gasteiger partial charge in [-0.1, -0.05) is 43.2 Å². The molecule has 0 unspecified atom stereocenters. The van der Waals surface area contributed by atoms with E-state index in [0.717, 1.165) is 37.8 Å². The van der Waals surface area contributed by atoms with Crippen molar-refractivity contribution in [3.05, 3.63) is 35.9 Å². The molecule has 1 aliphatic rings. The van der Waals surface area contributed by atoms with Crippen LogP contribution in [0.5, 0.6) is 0 Å². The topological polar surface area (TPSA) is 82.0 Å². The number of benzene rings is 1. The van der Waals surface area contributed by atoms with Crippen LogP contribution in [0.15, 0.2) is 30.3 Å². The van der Waals surface area contributed by atoms with E-state index < -0.39 is 0 Å². The molecule has 2 atom stereocenters. The Morgan fingerprint density at radius 1 is 1.20 bits per heavy atom. The van der Waals surface area contributed by atoms with Crippen molar-refractivity contribution < 1.29 is 19.7 Å². The highest BCUT2D eigenvalue weighted by atomic mass is 16.5. The quantitative estimate of drug-likeness (QED) is 0.562. The van der Waals surface area contributed by atoms with Crippen molar-refractivity contribution >= 4 is 6.09 Å². The molecule has 140 valence electrons. The van der Waals surface area contributed by atoms with Crippen molar-refractivity contribution in [1.29, 1.82) is 0 Å². The van der Waals surface area contributed by atoms with Gasteiger partial charge in [0.1, 0.15) is 6.61 Å². The maximum Gasteiger partial charge on any atom is 0.407 e. The van der Waals surface area contributed by atoms with E-state index >= 15 is 0 Å². The summed E-state index contributed by atoms with van der Waals surface area (Å²) in [6.07, 6.45) is 4.08. The number of amides is 1. The van der Waals surface area contributed by atoms with Gasteiger partial charge in [-0.2, -0.15) is 0 Å². The van der Waals surface area contributed by atoms with Crippen LogP contribution in [0.25, 0.3) is 0 Å². The predicted molar refractivity (Wildman–Crippen MR) is 96.2 cm³/mol. The Kier molecular flexibility index (Phi) is 8.72. The van der Waals surface area contributed by atoms with E-state index in [4.69, 9.17) is 4.74 Å². The summed E-state index contributed by atoms with van der Waals surface area (Å²) in [6, 6.07) is 9.72. The van der Waals surface area contributed by atoms with Crippen LogP contribution in [-0.4, -0.2) is 59.6 Å². The first-order valence-electron chi connectivity index (χ1n) is 9.16. The van der Waals surface area contributed by atoms with Crippen LogP contribution in [0.1, 0.15) is 37.7 Å². The smallest absolute Gasteiger partial charge is 0.407 e. The summed E-state index contributed by atoms with van der Waals surface area (Å²) < 4.78 is 5.15. The number of carbonyl (C=O) groups excluding carboxylic acids is 1. The molecule has 1 saturated heterocycles. The molecule has 1 aromatic carbocycles. The third-order valence-corrected chi connectivity index (χ3v) is 4.57. The molecule has 0 aliphatic carbocycles. The third kappa shape index (κ3) is 7.42. The number of β-amino-alcohol motifs (C(OH)–C–C–N with tert-alkyl or cyclic N) is 1. The second kappa shape index (κ2) is 11.1. The lowest BCUT2D eigenvalue weighted by Crippen LogP contribution is -2.33. The van der Waals surface area contributed by atoms with Gasteiger partial charge >= 0.3 is 6.09 Å². The highest BCUT2D eigenvalue weighted by Gasteiger charge is 2.29. The van der Waals surface area contributed by atoms with Crippen molar-refractivity contribution in [1.82, 2.24) is 10.2 Å². The number of unbranched alkanes of at least 4 members (excludes halogenated alkanes) is 3. The molecule has 3 N–H and O–H groups in total. The monoisotopic (exact) mass is 350 g/mol. The Morgan fingerprint density at radius 3 is 2.72 bits per heavy atom. The zero-order valence-electron chi connectivity index (χ0n) is 14.8. The van der Waals surface area contributed by atoms with Gasteiger partial charge in [0, 0.05) is 19.1 Å². The zero-order valence-corrected chi connectivity index (χ0v) is 14.8. The average Bonchev–Trinajstić information content (AvgIpc) is 2.99. The van der Waals surface area contributed by atoms with Gasteiger partial charge in [0.05, 0.1) is 12.7 Å². The number of alkyl carbamates (subject to hydrolysis) is 1. The number of aliphatic hydroxyl groups excluding tert-OH is 2. The molecular weight excluding hydrogens is 320 g/mol. The Bertz CT molecular complexity index is 497. The fourth-order valence-corrected chi connectivity index (χ4v) is 3.18. The van der Waals surface area contributed by atoms with Gasteiger partial charge in [-0.15, -0.1) is 0 Å². The summed E-state index contributed by atoms with van der Waals surface area (Å²) in [5.74, 6) is 0. The number of aliphatic hydroxyl groups is 2. The molecule has 2 rings (SSSR count). The molecule has 0 radical (unpaired) electrons. The van der Waals surface area contributed by atoms with Crippen molar-refractivity contribution in [2.45, 2.75) is 50.9 Å². The minimum absolute atomic E-state index is 0.107. The van der Waals surface area contributed by atoms with Crippen LogP contribution in [0.2, 0.25) is 0 Å². The second-order valence-corrected chi connectivity index (χ2v) is 6.62. The largest absolute Gasteiger partial charge is 0.445 e. The molecular formula is C19H30N2O4. The van der Waals surface area contributed by atoms with E-state index in [1.807, 2.05) is 30.3 Å². The van der Waals surface area contributed by atoms with Gasteiger partial charge in [-0.25, -0.2) is 4.79 Å². The number of carbonyl (C=O) groups is 1. The molecule has 1 aromatic rings. The van der Waals surface area contributed by atoms with Crippen molar-refractivity contribution in [2.75, 3.05) is 26.2 Å². The van der Waals surface area contributed by atoms with Gasteiger partial charge in [-0.3, -0.25) is 4.90 Å².